The SMILES string of the molecule is O=C(COc1ccccc1)N(Cc1ccccc1)Cc1ccco1. The van der Waals surface area contributed by atoms with Gasteiger partial charge in [-0.25, -0.2) is 0 Å². The number of furan rings is 1. The summed E-state index contributed by atoms with van der Waals surface area (Å²) < 4.78 is 11.0. The number of hydrogen-bond donors (Lipinski definition) is 0. The smallest absolute Gasteiger partial charge is 0.261 e. The summed E-state index contributed by atoms with van der Waals surface area (Å²) >= 11 is 0. The maximum Gasteiger partial charge on any atom is 0.261 e. The summed E-state index contributed by atoms with van der Waals surface area (Å²) in [6.07, 6.45) is 1.61. The lowest BCUT2D eigenvalue weighted by molar-refractivity contribution is -0.134. The molecule has 0 spiro atoms. The van der Waals surface area contributed by atoms with Gasteiger partial charge in [0.15, 0.2) is 6.61 Å². The van der Waals surface area contributed by atoms with Gasteiger partial charge in [-0.2, -0.15) is 0 Å². The molecule has 2 aromatic carbocycles. The van der Waals surface area contributed by atoms with Gasteiger partial charge in [0, 0.05) is 6.54 Å². The van der Waals surface area contributed by atoms with E-state index in [9.17, 15) is 4.79 Å². The van der Waals surface area contributed by atoms with Crippen LogP contribution < -0.4 is 4.74 Å². The Morgan fingerprint density at radius 3 is 2.25 bits per heavy atom. The van der Waals surface area contributed by atoms with Crippen molar-refractivity contribution in [1.82, 2.24) is 4.90 Å². The lowest BCUT2D eigenvalue weighted by atomic mass is 10.2. The zero-order chi connectivity index (χ0) is 16.6. The van der Waals surface area contributed by atoms with Gasteiger partial charge >= 0.3 is 0 Å². The molecule has 0 aliphatic heterocycles. The van der Waals surface area contributed by atoms with Gasteiger partial charge in [-0.15, -0.1) is 0 Å². The molecule has 4 heteroatoms. The molecule has 0 N–H and O–H groups in total. The van der Waals surface area contributed by atoms with E-state index in [-0.39, 0.29) is 12.5 Å². The lowest BCUT2D eigenvalue weighted by Crippen LogP contribution is -2.34. The molecular formula is C20H19NO3. The van der Waals surface area contributed by atoms with Gasteiger partial charge in [0.05, 0.1) is 12.8 Å². The van der Waals surface area contributed by atoms with Crippen molar-refractivity contribution in [2.75, 3.05) is 6.61 Å². The highest BCUT2D eigenvalue weighted by Crippen LogP contribution is 2.13. The molecule has 0 unspecified atom stereocenters. The quantitative estimate of drug-likeness (QED) is 0.663. The summed E-state index contributed by atoms with van der Waals surface area (Å²) in [5, 5.41) is 0. The molecule has 0 saturated heterocycles. The fraction of sp³-hybridized carbons (Fsp3) is 0.150. The Bertz CT molecular complexity index is 739. The summed E-state index contributed by atoms with van der Waals surface area (Å²) in [5.41, 5.74) is 1.07. The zero-order valence-corrected chi connectivity index (χ0v) is 13.3. The van der Waals surface area contributed by atoms with Crippen molar-refractivity contribution in [3.63, 3.8) is 0 Å². The molecule has 0 fully saturated rings. The normalized spacial score (nSPS) is 10.3. The largest absolute Gasteiger partial charge is 0.484 e. The highest BCUT2D eigenvalue weighted by atomic mass is 16.5. The van der Waals surface area contributed by atoms with Gasteiger partial charge in [0.25, 0.3) is 5.91 Å². The Hall–Kier alpha value is -3.01. The van der Waals surface area contributed by atoms with Crippen molar-refractivity contribution < 1.29 is 13.9 Å². The second-order valence-corrected chi connectivity index (χ2v) is 5.42. The predicted molar refractivity (Wildman–Crippen MR) is 91.3 cm³/mol. The standard InChI is InChI=1S/C20H19NO3/c22-20(16-24-18-10-5-2-6-11-18)21(15-19-12-7-13-23-19)14-17-8-3-1-4-9-17/h1-13H,14-16H2. The van der Waals surface area contributed by atoms with Gasteiger partial charge in [0.1, 0.15) is 11.5 Å². The molecule has 0 aliphatic carbocycles. The third kappa shape index (κ3) is 4.49. The molecule has 0 saturated carbocycles. The maximum absolute atomic E-state index is 12.6. The van der Waals surface area contributed by atoms with Crippen LogP contribution in [0.3, 0.4) is 0 Å². The second-order valence-electron chi connectivity index (χ2n) is 5.42. The molecule has 1 heterocycles. The molecule has 0 atom stereocenters. The first-order valence-corrected chi connectivity index (χ1v) is 7.83. The summed E-state index contributed by atoms with van der Waals surface area (Å²) in [7, 11) is 0. The first-order valence-electron chi connectivity index (χ1n) is 7.83. The van der Waals surface area contributed by atoms with E-state index in [2.05, 4.69) is 0 Å². The molecule has 122 valence electrons. The van der Waals surface area contributed by atoms with Crippen molar-refractivity contribution in [3.05, 3.63) is 90.4 Å². The van der Waals surface area contributed by atoms with Crippen molar-refractivity contribution in [3.8, 4) is 5.75 Å². The van der Waals surface area contributed by atoms with E-state index in [1.165, 1.54) is 0 Å². The molecule has 1 aromatic heterocycles. The Morgan fingerprint density at radius 2 is 1.58 bits per heavy atom. The van der Waals surface area contributed by atoms with E-state index in [0.717, 1.165) is 11.3 Å². The third-order valence-electron chi connectivity index (χ3n) is 3.60. The highest BCUT2D eigenvalue weighted by Gasteiger charge is 2.16. The van der Waals surface area contributed by atoms with Gasteiger partial charge in [-0.1, -0.05) is 48.5 Å². The summed E-state index contributed by atoms with van der Waals surface area (Å²) in [6, 6.07) is 22.9. The molecule has 3 aromatic rings. The van der Waals surface area contributed by atoms with E-state index in [1.54, 1.807) is 11.2 Å². The van der Waals surface area contributed by atoms with Gasteiger partial charge in [0.2, 0.25) is 0 Å². The topological polar surface area (TPSA) is 42.7 Å². The second kappa shape index (κ2) is 8.02. The highest BCUT2D eigenvalue weighted by molar-refractivity contribution is 5.77. The van der Waals surface area contributed by atoms with Crippen molar-refractivity contribution >= 4 is 5.91 Å². The molecule has 0 radical (unpaired) electrons. The van der Waals surface area contributed by atoms with Crippen LogP contribution in [0.2, 0.25) is 0 Å². The Balaban J connectivity index is 1.67. The molecular weight excluding hydrogens is 302 g/mol. The molecule has 24 heavy (non-hydrogen) atoms. The number of rotatable bonds is 7. The van der Waals surface area contributed by atoms with Crippen LogP contribution >= 0.6 is 0 Å². The van der Waals surface area contributed by atoms with E-state index in [1.807, 2.05) is 72.8 Å². The minimum atomic E-state index is -0.0842. The molecule has 0 aliphatic rings. The first-order chi connectivity index (χ1) is 11.8. The van der Waals surface area contributed by atoms with Crippen LogP contribution in [0, 0.1) is 0 Å². The molecule has 0 bridgehead atoms. The van der Waals surface area contributed by atoms with Crippen LogP contribution in [-0.4, -0.2) is 17.4 Å². The van der Waals surface area contributed by atoms with Gasteiger partial charge < -0.3 is 14.1 Å². The van der Waals surface area contributed by atoms with Crippen LogP contribution in [0.1, 0.15) is 11.3 Å². The number of nitrogens with zero attached hydrogens (tertiary/aromatic N) is 1. The number of para-hydroxylation sites is 1. The monoisotopic (exact) mass is 321 g/mol. The maximum atomic E-state index is 12.6. The van der Waals surface area contributed by atoms with Crippen LogP contribution in [0.4, 0.5) is 0 Å². The van der Waals surface area contributed by atoms with Gasteiger partial charge in [-0.3, -0.25) is 4.79 Å². The minimum absolute atomic E-state index is 0.00243. The van der Waals surface area contributed by atoms with Crippen LogP contribution in [0.15, 0.2) is 83.5 Å². The number of carbonyl (C=O) groups is 1. The number of ether oxygens (including phenoxy) is 1. The average Bonchev–Trinajstić information content (AvgIpc) is 3.14. The number of hydrogen-bond acceptors (Lipinski definition) is 3. The average molecular weight is 321 g/mol. The first kappa shape index (κ1) is 15.9. The van der Waals surface area contributed by atoms with Gasteiger partial charge in [-0.05, 0) is 29.8 Å². The minimum Gasteiger partial charge on any atom is -0.484 e. The number of amides is 1. The summed E-state index contributed by atoms with van der Waals surface area (Å²) in [4.78, 5) is 14.3. The predicted octanol–water partition coefficient (Wildman–Crippen LogP) is 3.89. The van der Waals surface area contributed by atoms with Crippen LogP contribution in [0.25, 0.3) is 0 Å². The lowest BCUT2D eigenvalue weighted by Gasteiger charge is -2.22. The molecule has 3 rings (SSSR count). The summed E-state index contributed by atoms with van der Waals surface area (Å²) in [6.45, 7) is 0.926. The zero-order valence-electron chi connectivity index (χ0n) is 13.3. The third-order valence-corrected chi connectivity index (χ3v) is 3.60. The van der Waals surface area contributed by atoms with Crippen molar-refractivity contribution in [2.24, 2.45) is 0 Å². The van der Waals surface area contributed by atoms with Crippen LogP contribution in [0.5, 0.6) is 5.75 Å². The van der Waals surface area contributed by atoms with Crippen molar-refractivity contribution in [1.29, 1.82) is 0 Å². The molecule has 1 amide bonds. The van der Waals surface area contributed by atoms with E-state index in [0.29, 0.717) is 18.8 Å². The number of carbonyl (C=O) groups excluding carboxylic acids is 1. The molecule has 4 nitrogen and oxygen atoms in total. The fourth-order valence-corrected chi connectivity index (χ4v) is 2.38. The van der Waals surface area contributed by atoms with E-state index < -0.39 is 0 Å². The van der Waals surface area contributed by atoms with Crippen molar-refractivity contribution in [2.45, 2.75) is 13.1 Å². The Labute approximate surface area is 141 Å². The Kier molecular flexibility index (Phi) is 5.30. The van der Waals surface area contributed by atoms with E-state index in [4.69, 9.17) is 9.15 Å². The number of benzene rings is 2. The van der Waals surface area contributed by atoms with E-state index >= 15 is 0 Å². The Morgan fingerprint density at radius 1 is 0.875 bits per heavy atom. The fourth-order valence-electron chi connectivity index (χ4n) is 2.38. The van der Waals surface area contributed by atoms with Crippen LogP contribution in [-0.2, 0) is 17.9 Å². The summed E-state index contributed by atoms with van der Waals surface area (Å²) in [5.74, 6) is 1.35.